The smallest absolute Gasteiger partial charge is 0.246 e. The van der Waals surface area contributed by atoms with Crippen LogP contribution in [0.15, 0.2) is 37.1 Å². The molecule has 0 aliphatic carbocycles. The molecule has 8 nitrogen and oxygen atoms in total. The minimum absolute atomic E-state index is 0.0626. The average Bonchev–Trinajstić information content (AvgIpc) is 3.38. The van der Waals surface area contributed by atoms with Crippen LogP contribution in [0.25, 0.3) is 32.9 Å². The summed E-state index contributed by atoms with van der Waals surface area (Å²) in [5.74, 6) is 0.659. The fourth-order valence-electron chi connectivity index (χ4n) is 5.41. The number of nitrogens with one attached hydrogen (secondary N) is 1. The van der Waals surface area contributed by atoms with Gasteiger partial charge in [-0.2, -0.15) is 5.10 Å². The number of H-pyrrole nitrogens is 1. The Morgan fingerprint density at radius 3 is 2.77 bits per heavy atom. The van der Waals surface area contributed by atoms with Crippen molar-refractivity contribution in [1.29, 1.82) is 0 Å². The number of aromatic amines is 1. The molecule has 2 aromatic heterocycles. The van der Waals surface area contributed by atoms with E-state index in [0.717, 1.165) is 29.4 Å². The number of hydrogen-bond acceptors (Lipinski definition) is 6. The lowest BCUT2D eigenvalue weighted by Gasteiger charge is -2.40. The SMILES string of the molecule is C=CC(=O)N1CCN(c2nc(CCCN(C)C)nc3c(F)c(-c4c(C)ccc5[nH]ncc45)c(Cl)cc23)CC1C. The highest BCUT2D eigenvalue weighted by atomic mass is 35.5. The molecular weight excluding hydrogens is 517 g/mol. The van der Waals surface area contributed by atoms with Gasteiger partial charge < -0.3 is 14.7 Å². The Morgan fingerprint density at radius 2 is 2.05 bits per heavy atom. The molecule has 1 fully saturated rings. The molecule has 204 valence electrons. The first-order chi connectivity index (χ1) is 18.7. The van der Waals surface area contributed by atoms with Crippen LogP contribution in [-0.2, 0) is 11.2 Å². The third-order valence-corrected chi connectivity index (χ3v) is 7.68. The second kappa shape index (κ2) is 10.9. The van der Waals surface area contributed by atoms with Gasteiger partial charge in [-0.1, -0.05) is 24.2 Å². The van der Waals surface area contributed by atoms with Gasteiger partial charge in [0.1, 0.15) is 17.2 Å². The fourth-order valence-corrected chi connectivity index (χ4v) is 5.70. The number of carbonyl (C=O) groups excluding carboxylic acids is 1. The van der Waals surface area contributed by atoms with Gasteiger partial charge in [-0.05, 0) is 64.7 Å². The molecule has 1 aliphatic heterocycles. The summed E-state index contributed by atoms with van der Waals surface area (Å²) >= 11 is 6.85. The molecule has 1 saturated heterocycles. The summed E-state index contributed by atoms with van der Waals surface area (Å²) in [7, 11) is 4.04. The highest BCUT2D eigenvalue weighted by Crippen LogP contribution is 2.42. The Bertz CT molecular complexity index is 1570. The van der Waals surface area contributed by atoms with Gasteiger partial charge in [0.2, 0.25) is 5.91 Å². The van der Waals surface area contributed by atoms with Crippen LogP contribution in [-0.4, -0.2) is 82.2 Å². The lowest BCUT2D eigenvalue weighted by Crippen LogP contribution is -2.54. The molecule has 3 heterocycles. The van der Waals surface area contributed by atoms with E-state index < -0.39 is 5.82 Å². The molecule has 1 amide bonds. The Kier molecular flexibility index (Phi) is 7.55. The minimum Gasteiger partial charge on any atom is -0.352 e. The Balaban J connectivity index is 1.66. The quantitative estimate of drug-likeness (QED) is 0.327. The van der Waals surface area contributed by atoms with Gasteiger partial charge in [0, 0.05) is 54.0 Å². The second-order valence-corrected chi connectivity index (χ2v) is 10.8. The van der Waals surface area contributed by atoms with Crippen LogP contribution < -0.4 is 4.90 Å². The predicted octanol–water partition coefficient (Wildman–Crippen LogP) is 4.99. The fraction of sp³-hybridized carbons (Fsp3) is 0.379. The molecule has 1 atom stereocenters. The number of carbonyl (C=O) groups is 1. The number of aromatic nitrogens is 4. The van der Waals surface area contributed by atoms with Crippen molar-refractivity contribution < 1.29 is 9.18 Å². The first kappa shape index (κ1) is 27.0. The third-order valence-electron chi connectivity index (χ3n) is 7.38. The number of hydrogen-bond donors (Lipinski definition) is 1. The summed E-state index contributed by atoms with van der Waals surface area (Å²) in [5.41, 5.74) is 2.95. The first-order valence-electron chi connectivity index (χ1n) is 13.1. The van der Waals surface area contributed by atoms with Crippen molar-refractivity contribution in [3.8, 4) is 11.1 Å². The van der Waals surface area contributed by atoms with Crippen molar-refractivity contribution in [2.45, 2.75) is 32.7 Å². The second-order valence-electron chi connectivity index (χ2n) is 10.4. The van der Waals surface area contributed by atoms with Crippen molar-refractivity contribution in [3.63, 3.8) is 0 Å². The third kappa shape index (κ3) is 5.08. The van der Waals surface area contributed by atoms with Crippen molar-refractivity contribution >= 4 is 45.1 Å². The number of aryl methyl sites for hydroxylation is 2. The van der Waals surface area contributed by atoms with E-state index in [1.807, 2.05) is 40.1 Å². The Hall–Kier alpha value is -3.56. The van der Waals surface area contributed by atoms with E-state index in [4.69, 9.17) is 21.6 Å². The standard InChI is InChI=1S/C29H33ClFN7O/c1-6-24(39)38-13-12-37(16-18(38)3)29-19-14-21(30)26(25-17(2)9-10-22-20(25)15-32-35-22)27(31)28(19)33-23(34-29)8-7-11-36(4)5/h6,9-10,14-15,18H,1,7-8,11-13,16H2,2-5H3,(H,32,35). The van der Waals surface area contributed by atoms with Gasteiger partial charge in [-0.25, -0.2) is 14.4 Å². The topological polar surface area (TPSA) is 81.3 Å². The zero-order valence-electron chi connectivity index (χ0n) is 22.8. The maximum atomic E-state index is 16.6. The maximum absolute atomic E-state index is 16.6. The molecule has 10 heteroatoms. The number of nitrogens with zero attached hydrogens (tertiary/aromatic N) is 6. The highest BCUT2D eigenvalue weighted by Gasteiger charge is 2.30. The van der Waals surface area contributed by atoms with Gasteiger partial charge in [0.15, 0.2) is 5.82 Å². The minimum atomic E-state index is -0.472. The average molecular weight is 550 g/mol. The van der Waals surface area contributed by atoms with Crippen molar-refractivity contribution in [1.82, 2.24) is 30.0 Å². The molecule has 0 radical (unpaired) electrons. The number of amides is 1. The van der Waals surface area contributed by atoms with E-state index in [9.17, 15) is 4.79 Å². The lowest BCUT2D eigenvalue weighted by molar-refractivity contribution is -0.128. The summed E-state index contributed by atoms with van der Waals surface area (Å²) in [6.45, 7) is 10.0. The van der Waals surface area contributed by atoms with Crippen LogP contribution in [0.2, 0.25) is 5.02 Å². The summed E-state index contributed by atoms with van der Waals surface area (Å²) in [5, 5.41) is 8.77. The lowest BCUT2D eigenvalue weighted by atomic mass is 9.95. The summed E-state index contributed by atoms with van der Waals surface area (Å²) in [4.78, 5) is 28.0. The van der Waals surface area contributed by atoms with Gasteiger partial charge in [-0.15, -0.1) is 0 Å². The normalized spacial score (nSPS) is 16.0. The molecule has 1 N–H and O–H groups in total. The molecule has 1 unspecified atom stereocenters. The summed E-state index contributed by atoms with van der Waals surface area (Å²) in [6, 6.07) is 5.57. The summed E-state index contributed by atoms with van der Waals surface area (Å²) < 4.78 is 16.6. The molecule has 1 aliphatic rings. The van der Waals surface area contributed by atoms with E-state index in [0.29, 0.717) is 54.2 Å². The van der Waals surface area contributed by atoms with Crippen LogP contribution in [0.5, 0.6) is 0 Å². The van der Waals surface area contributed by atoms with E-state index in [1.54, 1.807) is 17.2 Å². The van der Waals surface area contributed by atoms with Crippen molar-refractivity contribution in [3.05, 3.63) is 59.3 Å². The molecule has 39 heavy (non-hydrogen) atoms. The van der Waals surface area contributed by atoms with Gasteiger partial charge in [0.25, 0.3) is 0 Å². The van der Waals surface area contributed by atoms with E-state index in [2.05, 4.69) is 26.6 Å². The molecular formula is C29H33ClFN7O. The van der Waals surface area contributed by atoms with Crippen LogP contribution in [0.4, 0.5) is 10.2 Å². The van der Waals surface area contributed by atoms with Crippen molar-refractivity contribution in [2.75, 3.05) is 45.2 Å². The van der Waals surface area contributed by atoms with Gasteiger partial charge in [-0.3, -0.25) is 9.89 Å². The zero-order valence-corrected chi connectivity index (χ0v) is 23.5. The maximum Gasteiger partial charge on any atom is 0.246 e. The molecule has 0 saturated carbocycles. The monoisotopic (exact) mass is 549 g/mol. The number of benzene rings is 2. The van der Waals surface area contributed by atoms with Gasteiger partial charge in [0.05, 0.1) is 16.7 Å². The Morgan fingerprint density at radius 1 is 1.26 bits per heavy atom. The number of fused-ring (bicyclic) bond motifs is 2. The van der Waals surface area contributed by atoms with Crippen LogP contribution in [0.1, 0.15) is 24.7 Å². The van der Waals surface area contributed by atoms with Crippen LogP contribution in [0, 0.1) is 12.7 Å². The largest absolute Gasteiger partial charge is 0.352 e. The molecule has 0 spiro atoms. The zero-order chi connectivity index (χ0) is 27.8. The molecule has 2 aromatic carbocycles. The number of piperazine rings is 1. The van der Waals surface area contributed by atoms with Gasteiger partial charge >= 0.3 is 0 Å². The van der Waals surface area contributed by atoms with Crippen molar-refractivity contribution in [2.24, 2.45) is 0 Å². The molecule has 4 aromatic rings. The first-order valence-corrected chi connectivity index (χ1v) is 13.5. The highest BCUT2D eigenvalue weighted by molar-refractivity contribution is 6.35. The number of halogens is 2. The Labute approximate surface area is 232 Å². The van der Waals surface area contributed by atoms with E-state index in [1.165, 1.54) is 6.08 Å². The van der Waals surface area contributed by atoms with Crippen LogP contribution in [0.3, 0.4) is 0 Å². The number of rotatable bonds is 7. The van der Waals surface area contributed by atoms with E-state index in [-0.39, 0.29) is 22.5 Å². The molecule has 0 bridgehead atoms. The molecule has 5 rings (SSSR count). The predicted molar refractivity (Wildman–Crippen MR) is 155 cm³/mol. The van der Waals surface area contributed by atoms with Crippen LogP contribution >= 0.6 is 11.6 Å². The summed E-state index contributed by atoms with van der Waals surface area (Å²) in [6.07, 6.45) is 4.49. The van der Waals surface area contributed by atoms with E-state index >= 15 is 4.39 Å². The number of anilines is 1.